The van der Waals surface area contributed by atoms with Gasteiger partial charge in [0.25, 0.3) is 5.91 Å². The van der Waals surface area contributed by atoms with Gasteiger partial charge in [0.2, 0.25) is 0 Å². The molecule has 4 heteroatoms. The van der Waals surface area contributed by atoms with Gasteiger partial charge in [-0.25, -0.2) is 0 Å². The maximum Gasteiger partial charge on any atom is 0.274 e. The molecule has 0 atom stereocenters. The number of hydrogen-bond donors (Lipinski definition) is 1. The van der Waals surface area contributed by atoms with Crippen LogP contribution in [0.4, 0.5) is 5.69 Å². The molecule has 0 radical (unpaired) electrons. The van der Waals surface area contributed by atoms with Crippen LogP contribution in [-0.4, -0.2) is 16.1 Å². The third-order valence-electron chi connectivity index (χ3n) is 3.63. The molecule has 1 N–H and O–H groups in total. The predicted molar refractivity (Wildman–Crippen MR) is 86.7 cm³/mol. The number of rotatable bonds is 4. The normalized spacial score (nSPS) is 15.0. The summed E-state index contributed by atoms with van der Waals surface area (Å²) in [4.78, 5) is 17.5. The molecule has 0 unspecified atom stereocenters. The van der Waals surface area contributed by atoms with Gasteiger partial charge in [-0.05, 0) is 37.1 Å². The molecule has 21 heavy (non-hydrogen) atoms. The van der Waals surface area contributed by atoms with Gasteiger partial charge < -0.3 is 5.32 Å². The van der Waals surface area contributed by atoms with E-state index in [-0.39, 0.29) is 5.91 Å². The maximum absolute atomic E-state index is 12.2. The van der Waals surface area contributed by atoms with Crippen LogP contribution in [0.15, 0.2) is 53.6 Å². The molecule has 1 heterocycles. The van der Waals surface area contributed by atoms with E-state index in [0.717, 1.165) is 10.6 Å². The zero-order valence-corrected chi connectivity index (χ0v) is 12.6. The molecule has 1 aliphatic rings. The summed E-state index contributed by atoms with van der Waals surface area (Å²) in [5.74, 6) is -0.157. The van der Waals surface area contributed by atoms with Gasteiger partial charge in [-0.2, -0.15) is 0 Å². The largest absolute Gasteiger partial charge is 0.320 e. The van der Waals surface area contributed by atoms with E-state index in [0.29, 0.717) is 10.9 Å². The smallest absolute Gasteiger partial charge is 0.274 e. The Labute approximate surface area is 129 Å². The first-order valence-corrected chi connectivity index (χ1v) is 8.19. The number of thioether (sulfide) groups is 1. The minimum Gasteiger partial charge on any atom is -0.320 e. The molecule has 1 amide bonds. The number of carbonyl (C=O) groups is 1. The minimum atomic E-state index is -0.157. The van der Waals surface area contributed by atoms with Crippen molar-refractivity contribution in [1.82, 2.24) is 4.98 Å². The van der Waals surface area contributed by atoms with E-state index in [4.69, 9.17) is 0 Å². The topological polar surface area (TPSA) is 42.0 Å². The van der Waals surface area contributed by atoms with E-state index in [2.05, 4.69) is 16.4 Å². The fraction of sp³-hybridized carbons (Fsp3) is 0.294. The average molecular weight is 298 g/mol. The zero-order chi connectivity index (χ0) is 14.5. The molecule has 1 aromatic carbocycles. The zero-order valence-electron chi connectivity index (χ0n) is 11.8. The van der Waals surface area contributed by atoms with Gasteiger partial charge in [0.05, 0.1) is 5.69 Å². The van der Waals surface area contributed by atoms with Crippen LogP contribution in [-0.2, 0) is 0 Å². The fourth-order valence-electron chi connectivity index (χ4n) is 2.54. The lowest BCUT2D eigenvalue weighted by Crippen LogP contribution is -2.14. The highest BCUT2D eigenvalue weighted by Crippen LogP contribution is 2.38. The second-order valence-electron chi connectivity index (χ2n) is 5.19. The molecular formula is C17H18N2OS. The van der Waals surface area contributed by atoms with Gasteiger partial charge in [-0.3, -0.25) is 9.78 Å². The van der Waals surface area contributed by atoms with Gasteiger partial charge in [-0.15, -0.1) is 11.8 Å². The van der Waals surface area contributed by atoms with E-state index in [1.165, 1.54) is 25.7 Å². The van der Waals surface area contributed by atoms with Crippen LogP contribution in [0, 0.1) is 0 Å². The second kappa shape index (κ2) is 6.76. The summed E-state index contributed by atoms with van der Waals surface area (Å²) >= 11 is 1.88. The van der Waals surface area contributed by atoms with Crippen LogP contribution in [0.25, 0.3) is 0 Å². The molecule has 0 spiro atoms. The highest BCUT2D eigenvalue weighted by Gasteiger charge is 2.18. The van der Waals surface area contributed by atoms with Gasteiger partial charge >= 0.3 is 0 Å². The van der Waals surface area contributed by atoms with Crippen LogP contribution >= 0.6 is 11.8 Å². The number of anilines is 1. The van der Waals surface area contributed by atoms with Crippen molar-refractivity contribution in [2.45, 2.75) is 35.8 Å². The first kappa shape index (κ1) is 14.1. The van der Waals surface area contributed by atoms with Crippen LogP contribution < -0.4 is 5.32 Å². The highest BCUT2D eigenvalue weighted by molar-refractivity contribution is 8.00. The molecule has 1 fully saturated rings. The molecular weight excluding hydrogens is 280 g/mol. The molecule has 0 aliphatic heterocycles. The lowest BCUT2D eigenvalue weighted by atomic mass is 10.3. The third-order valence-corrected chi connectivity index (χ3v) is 5.04. The Morgan fingerprint density at radius 3 is 2.62 bits per heavy atom. The summed E-state index contributed by atoms with van der Waals surface area (Å²) in [5.41, 5.74) is 1.32. The Morgan fingerprint density at radius 1 is 1.10 bits per heavy atom. The summed E-state index contributed by atoms with van der Waals surface area (Å²) in [6.07, 6.45) is 6.81. The van der Waals surface area contributed by atoms with Gasteiger partial charge in [0, 0.05) is 16.3 Å². The number of pyridine rings is 1. The summed E-state index contributed by atoms with van der Waals surface area (Å²) in [7, 11) is 0. The number of amides is 1. The maximum atomic E-state index is 12.2. The Morgan fingerprint density at radius 2 is 1.86 bits per heavy atom. The molecule has 0 saturated heterocycles. The Balaban J connectivity index is 1.74. The second-order valence-corrected chi connectivity index (χ2v) is 6.53. The Hall–Kier alpha value is -1.81. The van der Waals surface area contributed by atoms with Crippen LogP contribution in [0.5, 0.6) is 0 Å². The van der Waals surface area contributed by atoms with Crippen molar-refractivity contribution in [3.8, 4) is 0 Å². The number of hydrogen-bond acceptors (Lipinski definition) is 3. The van der Waals surface area contributed by atoms with Gasteiger partial charge in [0.15, 0.2) is 0 Å². The van der Waals surface area contributed by atoms with Crippen molar-refractivity contribution in [3.05, 3.63) is 54.4 Å². The third kappa shape index (κ3) is 3.64. The van der Waals surface area contributed by atoms with E-state index >= 15 is 0 Å². The molecule has 3 nitrogen and oxygen atoms in total. The van der Waals surface area contributed by atoms with Gasteiger partial charge in [0.1, 0.15) is 5.69 Å². The van der Waals surface area contributed by atoms with Crippen LogP contribution in [0.1, 0.15) is 36.2 Å². The van der Waals surface area contributed by atoms with Gasteiger partial charge in [-0.1, -0.05) is 31.0 Å². The number of benzene rings is 1. The van der Waals surface area contributed by atoms with E-state index in [1.54, 1.807) is 18.3 Å². The molecule has 108 valence electrons. The standard InChI is InChI=1S/C17H18N2OS/c20-17(15-10-5-6-12-18-15)19-14-9-3-4-11-16(14)21-13-7-1-2-8-13/h3-6,9-13H,1-2,7-8H2,(H,19,20). The van der Waals surface area contributed by atoms with Crippen molar-refractivity contribution in [3.63, 3.8) is 0 Å². The van der Waals surface area contributed by atoms with E-state index < -0.39 is 0 Å². The quantitative estimate of drug-likeness (QED) is 0.911. The molecule has 1 aliphatic carbocycles. The first-order valence-electron chi connectivity index (χ1n) is 7.31. The average Bonchev–Trinajstić information content (AvgIpc) is 3.03. The Kier molecular flexibility index (Phi) is 4.55. The monoisotopic (exact) mass is 298 g/mol. The number of nitrogens with one attached hydrogen (secondary N) is 1. The minimum absolute atomic E-state index is 0.157. The lowest BCUT2D eigenvalue weighted by Gasteiger charge is -2.13. The SMILES string of the molecule is O=C(Nc1ccccc1SC1CCCC1)c1ccccn1. The molecule has 1 aromatic heterocycles. The van der Waals surface area contributed by atoms with Crippen molar-refractivity contribution in [1.29, 1.82) is 0 Å². The number of para-hydroxylation sites is 1. The molecule has 0 bridgehead atoms. The first-order chi connectivity index (χ1) is 10.3. The van der Waals surface area contributed by atoms with Crippen molar-refractivity contribution >= 4 is 23.4 Å². The lowest BCUT2D eigenvalue weighted by molar-refractivity contribution is 0.102. The van der Waals surface area contributed by atoms with E-state index in [9.17, 15) is 4.79 Å². The summed E-state index contributed by atoms with van der Waals surface area (Å²) < 4.78 is 0. The number of carbonyl (C=O) groups excluding carboxylic acids is 1. The van der Waals surface area contributed by atoms with Crippen molar-refractivity contribution in [2.24, 2.45) is 0 Å². The van der Waals surface area contributed by atoms with Crippen molar-refractivity contribution < 1.29 is 4.79 Å². The highest BCUT2D eigenvalue weighted by atomic mass is 32.2. The molecule has 3 rings (SSSR count). The molecule has 1 saturated carbocycles. The predicted octanol–water partition coefficient (Wildman–Crippen LogP) is 4.37. The van der Waals surface area contributed by atoms with Crippen LogP contribution in [0.3, 0.4) is 0 Å². The number of aromatic nitrogens is 1. The fourth-order valence-corrected chi connectivity index (χ4v) is 3.87. The summed E-state index contributed by atoms with van der Waals surface area (Å²) in [6.45, 7) is 0. The van der Waals surface area contributed by atoms with Crippen molar-refractivity contribution in [2.75, 3.05) is 5.32 Å². The number of nitrogens with zero attached hydrogens (tertiary/aromatic N) is 1. The van der Waals surface area contributed by atoms with Crippen LogP contribution in [0.2, 0.25) is 0 Å². The summed E-state index contributed by atoms with van der Waals surface area (Å²) in [6, 6.07) is 13.4. The summed E-state index contributed by atoms with van der Waals surface area (Å²) in [5, 5.41) is 3.66. The Bertz CT molecular complexity index is 609. The molecule has 2 aromatic rings. The van der Waals surface area contributed by atoms with E-state index in [1.807, 2.05) is 36.0 Å².